The quantitative estimate of drug-likeness (QED) is 0.702. The van der Waals surface area contributed by atoms with Crippen molar-refractivity contribution in [3.05, 3.63) is 40.2 Å². The van der Waals surface area contributed by atoms with Crippen LogP contribution in [-0.4, -0.2) is 23.5 Å². The lowest BCUT2D eigenvalue weighted by molar-refractivity contribution is -0.305. The van der Waals surface area contributed by atoms with Crippen LogP contribution in [0.2, 0.25) is 0 Å². The number of phenolic OH excluding ortho intramolecular Hbond substituents is 1. The van der Waals surface area contributed by atoms with Gasteiger partial charge in [-0.05, 0) is 17.7 Å². The molecular weight excluding hydrogens is 278 g/mol. The molecule has 0 fully saturated rings. The Bertz CT molecular complexity index is 749. The van der Waals surface area contributed by atoms with Gasteiger partial charge < -0.3 is 24.7 Å². The molecule has 0 radical (unpaired) electrons. The SMILES string of the molecule is O=C([O-])CCNC(=O)Cc1cc(=O)oc2cc(O)ccc12. The molecule has 110 valence electrons. The molecule has 0 spiro atoms. The monoisotopic (exact) mass is 290 g/mol. The second-order valence-electron chi connectivity index (χ2n) is 4.42. The summed E-state index contributed by atoms with van der Waals surface area (Å²) in [7, 11) is 0. The predicted octanol–water partition coefficient (Wildman–Crippen LogP) is -0.703. The average molecular weight is 290 g/mol. The standard InChI is InChI=1S/C14H13NO6/c16-9-1-2-10-8(6-14(20)21-11(10)7-9)5-12(17)15-4-3-13(18)19/h1-2,6-7,16H,3-5H2,(H,15,17)(H,18,19)/p-1. The van der Waals surface area contributed by atoms with E-state index in [0.717, 1.165) is 0 Å². The number of rotatable bonds is 5. The molecule has 2 rings (SSSR count). The number of fused-ring (bicyclic) bond motifs is 1. The molecule has 2 N–H and O–H groups in total. The first kappa shape index (κ1) is 14.6. The number of carbonyl (C=O) groups is 2. The van der Waals surface area contributed by atoms with E-state index in [9.17, 15) is 24.6 Å². The number of aliphatic carboxylic acids is 1. The van der Waals surface area contributed by atoms with E-state index in [1.165, 1.54) is 24.3 Å². The third-order valence-corrected chi connectivity index (χ3v) is 2.82. The third-order valence-electron chi connectivity index (χ3n) is 2.82. The molecule has 21 heavy (non-hydrogen) atoms. The second-order valence-corrected chi connectivity index (χ2v) is 4.42. The topological polar surface area (TPSA) is 120 Å². The van der Waals surface area contributed by atoms with Gasteiger partial charge in [0.25, 0.3) is 0 Å². The van der Waals surface area contributed by atoms with Gasteiger partial charge in [-0.2, -0.15) is 0 Å². The molecule has 0 aliphatic rings. The largest absolute Gasteiger partial charge is 0.550 e. The van der Waals surface area contributed by atoms with Crippen molar-refractivity contribution in [1.82, 2.24) is 5.32 Å². The number of benzene rings is 1. The summed E-state index contributed by atoms with van der Waals surface area (Å²) in [5.41, 5.74) is -0.0159. The number of carboxylic acids is 1. The Kier molecular flexibility index (Phi) is 4.22. The van der Waals surface area contributed by atoms with Gasteiger partial charge in [0.1, 0.15) is 11.3 Å². The molecule has 0 saturated carbocycles. The number of phenols is 1. The van der Waals surface area contributed by atoms with Crippen LogP contribution < -0.4 is 16.0 Å². The minimum Gasteiger partial charge on any atom is -0.550 e. The lowest BCUT2D eigenvalue weighted by Crippen LogP contribution is -2.31. The van der Waals surface area contributed by atoms with Crippen molar-refractivity contribution in [1.29, 1.82) is 0 Å². The Hall–Kier alpha value is -2.83. The van der Waals surface area contributed by atoms with E-state index in [0.29, 0.717) is 10.9 Å². The van der Waals surface area contributed by atoms with E-state index in [1.807, 2.05) is 0 Å². The van der Waals surface area contributed by atoms with Crippen molar-refractivity contribution in [3.63, 3.8) is 0 Å². The summed E-state index contributed by atoms with van der Waals surface area (Å²) in [6.07, 6.45) is -0.378. The first-order chi connectivity index (χ1) is 9.95. The Labute approximate surface area is 118 Å². The summed E-state index contributed by atoms with van der Waals surface area (Å²) in [4.78, 5) is 33.4. The molecule has 0 unspecified atom stereocenters. The lowest BCUT2D eigenvalue weighted by atomic mass is 10.1. The molecule has 1 heterocycles. The van der Waals surface area contributed by atoms with Crippen LogP contribution in [0, 0.1) is 0 Å². The minimum atomic E-state index is -1.25. The maximum Gasteiger partial charge on any atom is 0.336 e. The van der Waals surface area contributed by atoms with Crippen molar-refractivity contribution < 1.29 is 24.2 Å². The maximum atomic E-state index is 11.7. The lowest BCUT2D eigenvalue weighted by Gasteiger charge is -2.07. The van der Waals surface area contributed by atoms with Crippen LogP contribution in [0.5, 0.6) is 5.75 Å². The number of carbonyl (C=O) groups excluding carboxylic acids is 2. The van der Waals surface area contributed by atoms with Gasteiger partial charge in [-0.25, -0.2) is 4.79 Å². The molecule has 1 amide bonds. The number of nitrogens with one attached hydrogen (secondary N) is 1. The zero-order valence-corrected chi connectivity index (χ0v) is 10.9. The second kappa shape index (κ2) is 6.08. The highest BCUT2D eigenvalue weighted by atomic mass is 16.4. The Morgan fingerprint density at radius 3 is 2.76 bits per heavy atom. The zero-order chi connectivity index (χ0) is 15.4. The fourth-order valence-corrected chi connectivity index (χ4v) is 1.90. The van der Waals surface area contributed by atoms with Gasteiger partial charge in [-0.3, -0.25) is 4.79 Å². The zero-order valence-electron chi connectivity index (χ0n) is 10.9. The van der Waals surface area contributed by atoms with Crippen LogP contribution in [0.4, 0.5) is 0 Å². The third kappa shape index (κ3) is 3.82. The highest BCUT2D eigenvalue weighted by Crippen LogP contribution is 2.21. The van der Waals surface area contributed by atoms with Crippen molar-refractivity contribution in [2.24, 2.45) is 0 Å². The molecule has 0 bridgehead atoms. The van der Waals surface area contributed by atoms with E-state index in [-0.39, 0.29) is 30.7 Å². The summed E-state index contributed by atoms with van der Waals surface area (Å²) in [6, 6.07) is 5.43. The van der Waals surface area contributed by atoms with Gasteiger partial charge in [-0.1, -0.05) is 0 Å². The molecule has 2 aromatic rings. The highest BCUT2D eigenvalue weighted by Gasteiger charge is 2.10. The summed E-state index contributed by atoms with van der Waals surface area (Å²) < 4.78 is 4.94. The predicted molar refractivity (Wildman–Crippen MR) is 70.5 cm³/mol. The molecule has 7 nitrogen and oxygen atoms in total. The van der Waals surface area contributed by atoms with Gasteiger partial charge in [0, 0.05) is 36.5 Å². The van der Waals surface area contributed by atoms with E-state index < -0.39 is 17.5 Å². The normalized spacial score (nSPS) is 10.5. The van der Waals surface area contributed by atoms with Crippen LogP contribution in [0.1, 0.15) is 12.0 Å². The first-order valence-corrected chi connectivity index (χ1v) is 6.18. The number of amides is 1. The van der Waals surface area contributed by atoms with E-state index >= 15 is 0 Å². The fraction of sp³-hybridized carbons (Fsp3) is 0.214. The molecule has 1 aromatic heterocycles. The van der Waals surface area contributed by atoms with E-state index in [2.05, 4.69) is 5.32 Å². The van der Waals surface area contributed by atoms with Crippen molar-refractivity contribution >= 4 is 22.8 Å². The van der Waals surface area contributed by atoms with Crippen molar-refractivity contribution in [2.45, 2.75) is 12.8 Å². The number of hydrogen-bond donors (Lipinski definition) is 2. The molecular formula is C14H12NO6-. The maximum absolute atomic E-state index is 11.7. The molecule has 0 aliphatic carbocycles. The number of carboxylic acid groups (broad SMARTS) is 1. The van der Waals surface area contributed by atoms with Crippen LogP contribution in [0.3, 0.4) is 0 Å². The highest BCUT2D eigenvalue weighted by molar-refractivity contribution is 5.87. The Balaban J connectivity index is 2.20. The molecule has 0 atom stereocenters. The van der Waals surface area contributed by atoms with Crippen LogP contribution in [0.25, 0.3) is 11.0 Å². The summed E-state index contributed by atoms with van der Waals surface area (Å²) in [5.74, 6) is -1.73. The average Bonchev–Trinajstić information content (AvgIpc) is 2.37. The summed E-state index contributed by atoms with van der Waals surface area (Å²) in [5, 5.41) is 22.6. The van der Waals surface area contributed by atoms with Gasteiger partial charge in [0.15, 0.2) is 0 Å². The Morgan fingerprint density at radius 2 is 2.05 bits per heavy atom. The summed E-state index contributed by atoms with van der Waals surface area (Å²) in [6.45, 7) is -0.0403. The molecule has 0 saturated heterocycles. The van der Waals surface area contributed by atoms with Crippen LogP contribution in [0.15, 0.2) is 33.5 Å². The smallest absolute Gasteiger partial charge is 0.336 e. The van der Waals surface area contributed by atoms with E-state index in [1.54, 1.807) is 0 Å². The molecule has 7 heteroatoms. The fourth-order valence-electron chi connectivity index (χ4n) is 1.90. The first-order valence-electron chi connectivity index (χ1n) is 6.18. The van der Waals surface area contributed by atoms with Gasteiger partial charge in [-0.15, -0.1) is 0 Å². The van der Waals surface area contributed by atoms with E-state index in [4.69, 9.17) is 4.42 Å². The van der Waals surface area contributed by atoms with Crippen molar-refractivity contribution in [3.8, 4) is 5.75 Å². The van der Waals surface area contributed by atoms with Crippen LogP contribution >= 0.6 is 0 Å². The van der Waals surface area contributed by atoms with Crippen LogP contribution in [-0.2, 0) is 16.0 Å². The van der Waals surface area contributed by atoms with Gasteiger partial charge in [0.05, 0.1) is 6.42 Å². The van der Waals surface area contributed by atoms with Gasteiger partial charge >= 0.3 is 5.63 Å². The molecule has 1 aromatic carbocycles. The minimum absolute atomic E-state index is 0.0403. The Morgan fingerprint density at radius 1 is 1.29 bits per heavy atom. The number of hydrogen-bond acceptors (Lipinski definition) is 6. The summed E-state index contributed by atoms with van der Waals surface area (Å²) >= 11 is 0. The number of aromatic hydroxyl groups is 1. The molecule has 0 aliphatic heterocycles. The van der Waals surface area contributed by atoms with Crippen molar-refractivity contribution in [2.75, 3.05) is 6.54 Å². The van der Waals surface area contributed by atoms with Gasteiger partial charge in [0.2, 0.25) is 5.91 Å².